The van der Waals surface area contributed by atoms with Crippen molar-refractivity contribution in [1.29, 1.82) is 0 Å². The van der Waals surface area contributed by atoms with Crippen molar-refractivity contribution in [2.24, 2.45) is 0 Å². The Kier molecular flexibility index (Phi) is 7.25. The number of carbonyl (C=O) groups excluding carboxylic acids is 2. The van der Waals surface area contributed by atoms with E-state index in [1.165, 1.54) is 22.3 Å². The highest BCUT2D eigenvalue weighted by atomic mass is 35.5. The van der Waals surface area contributed by atoms with Gasteiger partial charge in [0.25, 0.3) is 5.91 Å². The highest BCUT2D eigenvalue weighted by Crippen LogP contribution is 2.44. The van der Waals surface area contributed by atoms with Gasteiger partial charge in [-0.2, -0.15) is 0 Å². The molecule has 1 aliphatic rings. The molecule has 0 saturated heterocycles. The maximum absolute atomic E-state index is 13.5. The third-order valence-electron chi connectivity index (χ3n) is 6.18. The molecule has 4 aromatic rings. The van der Waals surface area contributed by atoms with Crippen molar-refractivity contribution in [3.8, 4) is 5.75 Å². The Morgan fingerprint density at radius 1 is 1.18 bits per heavy atom. The van der Waals surface area contributed by atoms with Crippen molar-refractivity contribution in [2.75, 3.05) is 32.1 Å². The SMILES string of the molecule is Cc1ccc(C(=O)C2=C(O)C(=O)N(c3nc4ccc(Cl)cc4s3)C2c2ccc(OCCCN(C)C)cc2)o1. The fourth-order valence-electron chi connectivity index (χ4n) is 4.35. The summed E-state index contributed by atoms with van der Waals surface area (Å²) in [4.78, 5) is 35.0. The number of rotatable bonds is 9. The number of hydrogen-bond donors (Lipinski definition) is 1. The molecule has 0 radical (unpaired) electrons. The molecular formula is C28H26ClN3O5S. The fraction of sp³-hybridized carbons (Fsp3) is 0.250. The summed E-state index contributed by atoms with van der Waals surface area (Å²) in [6.07, 6.45) is 0.874. The number of aliphatic hydroxyl groups is 1. The van der Waals surface area contributed by atoms with E-state index in [-0.39, 0.29) is 11.3 Å². The molecule has 3 heterocycles. The third-order valence-corrected chi connectivity index (χ3v) is 7.43. The van der Waals surface area contributed by atoms with Crippen molar-refractivity contribution in [3.05, 3.63) is 88.0 Å². The molecule has 38 heavy (non-hydrogen) atoms. The number of anilines is 1. The number of thiazole rings is 1. The summed E-state index contributed by atoms with van der Waals surface area (Å²) in [6.45, 7) is 3.19. The molecule has 1 amide bonds. The van der Waals surface area contributed by atoms with Crippen molar-refractivity contribution >= 4 is 50.0 Å². The van der Waals surface area contributed by atoms with Crippen molar-refractivity contribution < 1.29 is 23.8 Å². The van der Waals surface area contributed by atoms with Gasteiger partial charge in [-0.3, -0.25) is 14.5 Å². The van der Waals surface area contributed by atoms with Crippen LogP contribution in [0.25, 0.3) is 10.2 Å². The number of furan rings is 1. The largest absolute Gasteiger partial charge is 0.503 e. The monoisotopic (exact) mass is 551 g/mol. The smallest absolute Gasteiger partial charge is 0.296 e. The van der Waals surface area contributed by atoms with E-state index < -0.39 is 23.5 Å². The van der Waals surface area contributed by atoms with E-state index in [0.29, 0.717) is 39.4 Å². The number of Topliss-reactive ketones (excluding diaryl/α,β-unsaturated/α-hetero) is 1. The molecule has 8 nitrogen and oxygen atoms in total. The minimum absolute atomic E-state index is 0.0422. The maximum Gasteiger partial charge on any atom is 0.296 e. The van der Waals surface area contributed by atoms with Gasteiger partial charge in [-0.25, -0.2) is 4.98 Å². The number of halogens is 1. The van der Waals surface area contributed by atoms with Crippen LogP contribution in [0.4, 0.5) is 5.13 Å². The summed E-state index contributed by atoms with van der Waals surface area (Å²) < 4.78 is 12.2. The first-order valence-corrected chi connectivity index (χ1v) is 13.2. The Balaban J connectivity index is 1.53. The molecule has 2 aromatic heterocycles. The number of ether oxygens (including phenoxy) is 1. The third kappa shape index (κ3) is 5.05. The van der Waals surface area contributed by atoms with Crippen LogP contribution >= 0.6 is 22.9 Å². The van der Waals surface area contributed by atoms with Crippen LogP contribution < -0.4 is 9.64 Å². The molecule has 2 aromatic carbocycles. The van der Waals surface area contributed by atoms with E-state index in [9.17, 15) is 14.7 Å². The summed E-state index contributed by atoms with van der Waals surface area (Å²) in [6, 6.07) is 14.7. The average Bonchev–Trinajstić information content (AvgIpc) is 3.57. The number of amides is 1. The molecule has 0 aliphatic carbocycles. The van der Waals surface area contributed by atoms with Gasteiger partial charge in [0.05, 0.1) is 28.4 Å². The van der Waals surface area contributed by atoms with Crippen LogP contribution in [0.3, 0.4) is 0 Å². The van der Waals surface area contributed by atoms with Crippen molar-refractivity contribution in [1.82, 2.24) is 9.88 Å². The Labute approximate surface area is 228 Å². The number of hydrogen-bond acceptors (Lipinski definition) is 8. The lowest BCUT2D eigenvalue weighted by molar-refractivity contribution is -0.117. The summed E-state index contributed by atoms with van der Waals surface area (Å²) in [5, 5.41) is 11.9. The van der Waals surface area contributed by atoms with Crippen LogP contribution in [-0.2, 0) is 4.79 Å². The van der Waals surface area contributed by atoms with E-state index in [2.05, 4.69) is 9.88 Å². The van der Waals surface area contributed by atoms with E-state index in [0.717, 1.165) is 17.7 Å². The van der Waals surface area contributed by atoms with E-state index in [1.54, 1.807) is 55.5 Å². The molecule has 1 unspecified atom stereocenters. The molecule has 10 heteroatoms. The maximum atomic E-state index is 13.5. The second kappa shape index (κ2) is 10.6. The van der Waals surface area contributed by atoms with Gasteiger partial charge in [-0.15, -0.1) is 0 Å². The van der Waals surface area contributed by atoms with Crippen LogP contribution in [0, 0.1) is 6.92 Å². The second-order valence-electron chi connectivity index (χ2n) is 9.26. The van der Waals surface area contributed by atoms with Crippen LogP contribution in [-0.4, -0.2) is 53.9 Å². The summed E-state index contributed by atoms with van der Waals surface area (Å²) in [5.74, 6) is -0.651. The first kappa shape index (κ1) is 26.0. The molecular weight excluding hydrogens is 526 g/mol. The standard InChI is InChI=1S/C28H26ClN3O5S/c1-16-5-12-21(37-16)25(33)23-24(17-6-9-19(10-7-17)36-14-4-13-31(2)3)32(27(35)26(23)34)28-30-20-11-8-18(29)15-22(20)38-28/h5-12,15,24,34H,4,13-14H2,1-3H3. The minimum atomic E-state index is -0.917. The molecule has 1 aliphatic heterocycles. The second-order valence-corrected chi connectivity index (χ2v) is 10.7. The minimum Gasteiger partial charge on any atom is -0.503 e. The predicted octanol–water partition coefficient (Wildman–Crippen LogP) is 5.96. The van der Waals surface area contributed by atoms with Crippen LogP contribution in [0.1, 0.15) is 34.3 Å². The first-order chi connectivity index (χ1) is 18.2. The summed E-state index contributed by atoms with van der Waals surface area (Å²) >= 11 is 7.41. The number of aromatic nitrogens is 1. The molecule has 0 spiro atoms. The molecule has 196 valence electrons. The van der Waals surface area contributed by atoms with Crippen molar-refractivity contribution in [3.63, 3.8) is 0 Å². The highest BCUT2D eigenvalue weighted by Gasteiger charge is 2.46. The van der Waals surface area contributed by atoms with Crippen LogP contribution in [0.5, 0.6) is 5.75 Å². The number of nitrogens with zero attached hydrogens (tertiary/aromatic N) is 3. The number of ketones is 1. The molecule has 1 atom stereocenters. The summed E-state index contributed by atoms with van der Waals surface area (Å²) in [5.41, 5.74) is 1.21. The fourth-order valence-corrected chi connectivity index (χ4v) is 5.61. The number of aliphatic hydroxyl groups excluding tert-OH is 1. The Hall–Kier alpha value is -3.66. The van der Waals surface area contributed by atoms with E-state index in [4.69, 9.17) is 20.8 Å². The van der Waals surface area contributed by atoms with Gasteiger partial charge in [-0.05, 0) is 75.5 Å². The number of carbonyl (C=O) groups is 2. The van der Waals surface area contributed by atoms with Crippen molar-refractivity contribution in [2.45, 2.75) is 19.4 Å². The summed E-state index contributed by atoms with van der Waals surface area (Å²) in [7, 11) is 4.02. The number of fused-ring (bicyclic) bond motifs is 1. The van der Waals surface area contributed by atoms with E-state index >= 15 is 0 Å². The predicted molar refractivity (Wildman–Crippen MR) is 147 cm³/mol. The lowest BCUT2D eigenvalue weighted by atomic mass is 9.95. The number of benzene rings is 2. The van der Waals surface area contributed by atoms with Gasteiger partial charge in [-0.1, -0.05) is 35.1 Å². The van der Waals surface area contributed by atoms with Gasteiger partial charge in [0.1, 0.15) is 11.5 Å². The zero-order chi connectivity index (χ0) is 27.0. The Bertz CT molecular complexity index is 1540. The van der Waals surface area contributed by atoms with Gasteiger partial charge in [0, 0.05) is 11.6 Å². The lowest BCUT2D eigenvalue weighted by Crippen LogP contribution is -2.30. The molecule has 0 saturated carbocycles. The molecule has 5 rings (SSSR count). The van der Waals surface area contributed by atoms with Gasteiger partial charge in [0.2, 0.25) is 5.78 Å². The lowest BCUT2D eigenvalue weighted by Gasteiger charge is -2.24. The first-order valence-electron chi connectivity index (χ1n) is 12.0. The van der Waals surface area contributed by atoms with Gasteiger partial charge < -0.3 is 19.2 Å². The highest BCUT2D eigenvalue weighted by molar-refractivity contribution is 7.22. The Morgan fingerprint density at radius 2 is 1.95 bits per heavy atom. The zero-order valence-corrected chi connectivity index (χ0v) is 22.7. The van der Waals surface area contributed by atoms with Crippen LogP contribution in [0.15, 0.2) is 70.3 Å². The van der Waals surface area contributed by atoms with Gasteiger partial charge >= 0.3 is 0 Å². The van der Waals surface area contributed by atoms with E-state index in [1.807, 2.05) is 14.1 Å². The quantitative estimate of drug-likeness (QED) is 0.202. The molecule has 1 N–H and O–H groups in total. The molecule has 0 fully saturated rings. The average molecular weight is 552 g/mol. The zero-order valence-electron chi connectivity index (χ0n) is 21.1. The van der Waals surface area contributed by atoms with Crippen LogP contribution in [0.2, 0.25) is 5.02 Å². The van der Waals surface area contributed by atoms with Gasteiger partial charge in [0.15, 0.2) is 16.7 Å². The topological polar surface area (TPSA) is 96.1 Å². The normalized spacial score (nSPS) is 15.8. The number of aryl methyl sites for hydroxylation is 1. The molecule has 0 bridgehead atoms. The Morgan fingerprint density at radius 3 is 2.63 bits per heavy atom.